The number of rotatable bonds is 9. The Kier molecular flexibility index (Phi) is 10.6. The average molecular weight is 782 g/mol. The summed E-state index contributed by atoms with van der Waals surface area (Å²) in [6, 6.07) is 5.71. The van der Waals surface area contributed by atoms with Crippen molar-refractivity contribution in [1.82, 2.24) is 24.9 Å². The summed E-state index contributed by atoms with van der Waals surface area (Å²) in [5.74, 6) is -0.304. The highest BCUT2D eigenvalue weighted by molar-refractivity contribution is 7.91. The molecule has 0 bridgehead atoms. The summed E-state index contributed by atoms with van der Waals surface area (Å²) >= 11 is 1.52. The van der Waals surface area contributed by atoms with Crippen molar-refractivity contribution in [1.29, 1.82) is 0 Å². The minimum atomic E-state index is -3.72. The van der Waals surface area contributed by atoms with Crippen molar-refractivity contribution in [3.05, 3.63) is 47.0 Å². The third-order valence-corrected chi connectivity index (χ3v) is 15.3. The van der Waals surface area contributed by atoms with Gasteiger partial charge in [0.05, 0.1) is 40.7 Å². The molecule has 1 aromatic carbocycles. The van der Waals surface area contributed by atoms with E-state index >= 15 is 0 Å². The molecule has 12 nitrogen and oxygen atoms in total. The fourth-order valence-corrected chi connectivity index (χ4v) is 11.5. The van der Waals surface area contributed by atoms with Gasteiger partial charge >= 0.3 is 0 Å². The van der Waals surface area contributed by atoms with Gasteiger partial charge in [-0.2, -0.15) is 0 Å². The topological polar surface area (TPSA) is 157 Å². The molecule has 3 fully saturated rings. The molecule has 3 saturated carbocycles. The predicted molar refractivity (Wildman–Crippen MR) is 207 cm³/mol. The molecule has 3 aromatic rings. The highest BCUT2D eigenvalue weighted by atomic mass is 32.2. The lowest BCUT2D eigenvalue weighted by atomic mass is 9.93. The molecule has 0 spiro atoms. The third-order valence-electron chi connectivity index (χ3n) is 10.9. The number of fused-ring (bicyclic) bond motifs is 3. The Balaban J connectivity index is 1.19. The lowest BCUT2D eigenvalue weighted by molar-refractivity contribution is -0.140. The van der Waals surface area contributed by atoms with Crippen LogP contribution in [0.2, 0.25) is 0 Å². The minimum Gasteiger partial charge on any atom is -0.496 e. The largest absolute Gasteiger partial charge is 0.496 e. The van der Waals surface area contributed by atoms with E-state index in [9.17, 15) is 22.8 Å². The van der Waals surface area contributed by atoms with Gasteiger partial charge in [0.15, 0.2) is 0 Å². The van der Waals surface area contributed by atoms with Crippen molar-refractivity contribution in [3.63, 3.8) is 0 Å². The van der Waals surface area contributed by atoms with Crippen molar-refractivity contribution < 1.29 is 32.3 Å². The molecule has 53 heavy (non-hydrogen) atoms. The molecule has 4 aliphatic rings. The Bertz CT molecular complexity index is 2070. The van der Waals surface area contributed by atoms with Crippen LogP contribution in [0.25, 0.3) is 21.6 Å². The standard InChI is InChI=1S/C38H48N5O7PS2/c1-21(2)30-20-52-35(40-30)29-18-32(26-13-14-31(49-5)22(3)33(26)39-29)50-24-16-27-28(17-24)36(45)43(4)15-9-7-6-8-10-23-19-38(23,41-34(27)44)51-37(46)42-53(47,48)25-11-12-25/h8,10,13-14,18,20-21,23-25,27-28,51H,6-7,9,11-12,15-17,19H2,1-5H3,(H,41,44)(H,42,46)/b10-8-/t23-,24-,27-,28-,38+/m1/s1. The molecule has 2 aromatic heterocycles. The summed E-state index contributed by atoms with van der Waals surface area (Å²) < 4.78 is 39.8. The maximum absolute atomic E-state index is 14.3. The van der Waals surface area contributed by atoms with Gasteiger partial charge in [0.2, 0.25) is 21.8 Å². The number of aryl methyl sites for hydroxylation is 1. The number of aromatic nitrogens is 2. The first kappa shape index (κ1) is 37.7. The number of amides is 3. The maximum Gasteiger partial charge on any atom is 0.253 e. The molecule has 6 atom stereocenters. The summed E-state index contributed by atoms with van der Waals surface area (Å²) in [6.07, 6.45) is 8.41. The Labute approximate surface area is 316 Å². The summed E-state index contributed by atoms with van der Waals surface area (Å²) in [5.41, 5.74) is 2.64. The number of sulfonamides is 1. The van der Waals surface area contributed by atoms with Crippen molar-refractivity contribution in [2.24, 2.45) is 17.8 Å². The molecule has 2 N–H and O–H groups in total. The Morgan fingerprint density at radius 2 is 1.91 bits per heavy atom. The summed E-state index contributed by atoms with van der Waals surface area (Å²) in [6.45, 7) is 6.74. The van der Waals surface area contributed by atoms with Crippen molar-refractivity contribution >= 4 is 58.3 Å². The van der Waals surface area contributed by atoms with E-state index < -0.39 is 52.7 Å². The molecule has 0 radical (unpaired) electrons. The van der Waals surface area contributed by atoms with Crippen molar-refractivity contribution in [2.45, 2.75) is 94.7 Å². The smallest absolute Gasteiger partial charge is 0.253 e. The van der Waals surface area contributed by atoms with Crippen molar-refractivity contribution in [2.75, 3.05) is 20.7 Å². The third kappa shape index (κ3) is 7.96. The van der Waals surface area contributed by atoms with E-state index in [1.165, 1.54) is 11.3 Å². The van der Waals surface area contributed by atoms with Crippen LogP contribution in [-0.4, -0.2) is 78.1 Å². The van der Waals surface area contributed by atoms with Crippen LogP contribution in [-0.2, 0) is 19.6 Å². The van der Waals surface area contributed by atoms with Crippen LogP contribution in [0, 0.1) is 24.7 Å². The minimum absolute atomic E-state index is 0.101. The first-order valence-corrected chi connectivity index (χ1v) is 21.9. The zero-order valence-corrected chi connectivity index (χ0v) is 33.4. The number of carbonyl (C=O) groups excluding carboxylic acids is 3. The SMILES string of the molecule is COc1ccc2c(O[C@@H]3C[C@H]4C(=O)N[C@]5(PC(=O)NS(=O)(=O)C6CC6)C[C@H]5/C=C\CCCCN(C)C(=O)[C@@H]4C3)cc(-c3nc(C(C)C)cs3)nc2c1C. The fourth-order valence-electron chi connectivity index (χ4n) is 7.54. The highest BCUT2D eigenvalue weighted by Crippen LogP contribution is 2.57. The summed E-state index contributed by atoms with van der Waals surface area (Å²) in [4.78, 5) is 53.1. The molecular weight excluding hydrogens is 734 g/mol. The molecule has 3 aliphatic carbocycles. The first-order chi connectivity index (χ1) is 25.3. The number of ether oxygens (including phenoxy) is 2. The number of methoxy groups -OCH3 is 1. The summed E-state index contributed by atoms with van der Waals surface area (Å²) in [5, 5.41) is 5.36. The van der Waals surface area contributed by atoms with Gasteiger partial charge in [0.1, 0.15) is 28.3 Å². The number of allylic oxidation sites excluding steroid dienone is 1. The number of carbonyl (C=O) groups is 3. The second kappa shape index (κ2) is 14.9. The number of pyridine rings is 1. The first-order valence-electron chi connectivity index (χ1n) is 18.5. The number of thiazole rings is 1. The van der Waals surface area contributed by atoms with E-state index in [4.69, 9.17) is 19.4 Å². The van der Waals surface area contributed by atoms with Gasteiger partial charge in [-0.15, -0.1) is 11.3 Å². The number of nitrogens with one attached hydrogen (secondary N) is 2. The number of hydrogen-bond donors (Lipinski definition) is 2. The van der Waals surface area contributed by atoms with E-state index in [1.54, 1.807) is 19.1 Å². The quantitative estimate of drug-likeness (QED) is 0.183. The molecule has 1 aliphatic heterocycles. The zero-order valence-electron chi connectivity index (χ0n) is 30.8. The predicted octanol–water partition coefficient (Wildman–Crippen LogP) is 6.48. The van der Waals surface area contributed by atoms with Gasteiger partial charge < -0.3 is 19.7 Å². The van der Waals surface area contributed by atoms with Gasteiger partial charge in [-0.05, 0) is 76.3 Å². The lowest BCUT2D eigenvalue weighted by Gasteiger charge is -2.27. The fraction of sp³-hybridized carbons (Fsp3) is 0.553. The van der Waals surface area contributed by atoms with Gasteiger partial charge in [-0.25, -0.2) is 23.1 Å². The number of hydrogen-bond acceptors (Lipinski definition) is 10. The van der Waals surface area contributed by atoms with E-state index in [-0.39, 0.29) is 23.7 Å². The van der Waals surface area contributed by atoms with E-state index in [0.29, 0.717) is 55.8 Å². The van der Waals surface area contributed by atoms with Crippen LogP contribution in [0.4, 0.5) is 4.79 Å². The Morgan fingerprint density at radius 1 is 1.13 bits per heavy atom. The van der Waals surface area contributed by atoms with Gasteiger partial charge in [0.25, 0.3) is 5.65 Å². The normalized spacial score (nSPS) is 27.3. The maximum atomic E-state index is 14.3. The molecule has 284 valence electrons. The van der Waals surface area contributed by atoms with Crippen LogP contribution in [0.5, 0.6) is 11.5 Å². The second-order valence-corrected chi connectivity index (χ2v) is 19.6. The van der Waals surface area contributed by atoms with Crippen LogP contribution in [0.15, 0.2) is 35.7 Å². The number of benzene rings is 1. The molecule has 3 heterocycles. The molecule has 1 unspecified atom stereocenters. The van der Waals surface area contributed by atoms with Crippen LogP contribution in [0.3, 0.4) is 0 Å². The van der Waals surface area contributed by atoms with Gasteiger partial charge in [0, 0.05) is 50.5 Å². The van der Waals surface area contributed by atoms with Crippen LogP contribution >= 0.6 is 19.9 Å². The Morgan fingerprint density at radius 3 is 2.62 bits per heavy atom. The average Bonchev–Trinajstić information content (AvgIpc) is 3.97. The van der Waals surface area contributed by atoms with Crippen LogP contribution < -0.4 is 19.5 Å². The molecule has 0 saturated heterocycles. The molecule has 7 rings (SSSR count). The van der Waals surface area contributed by atoms with E-state index in [1.807, 2.05) is 36.6 Å². The zero-order chi connectivity index (χ0) is 37.7. The number of nitrogens with zero attached hydrogens (tertiary/aromatic N) is 3. The van der Waals surface area contributed by atoms with Gasteiger partial charge in [-0.1, -0.05) is 26.0 Å². The van der Waals surface area contributed by atoms with E-state index in [2.05, 4.69) is 30.0 Å². The highest BCUT2D eigenvalue weighted by Gasteiger charge is 2.57. The molecule has 3 amide bonds. The second-order valence-electron chi connectivity index (χ2n) is 15.2. The Hall–Kier alpha value is -3.61. The van der Waals surface area contributed by atoms with Gasteiger partial charge in [-0.3, -0.25) is 14.4 Å². The van der Waals surface area contributed by atoms with Crippen LogP contribution in [0.1, 0.15) is 82.4 Å². The van der Waals surface area contributed by atoms with Crippen molar-refractivity contribution in [3.8, 4) is 22.2 Å². The lowest BCUT2D eigenvalue weighted by Crippen LogP contribution is -2.45. The summed E-state index contributed by atoms with van der Waals surface area (Å²) in [7, 11) is -0.794. The molecular formula is C38H48N5O7PS2. The monoisotopic (exact) mass is 781 g/mol. The molecule has 15 heteroatoms. The van der Waals surface area contributed by atoms with E-state index in [0.717, 1.165) is 46.4 Å².